The van der Waals surface area contributed by atoms with Gasteiger partial charge in [0.15, 0.2) is 0 Å². The van der Waals surface area contributed by atoms with Gasteiger partial charge in [-0.25, -0.2) is 9.29 Å². The fourth-order valence-electron chi connectivity index (χ4n) is 3.86. The molecule has 3 aromatic carbocycles. The van der Waals surface area contributed by atoms with E-state index >= 15 is 0 Å². The minimum absolute atomic E-state index is 0.168. The normalized spacial score (nSPS) is 13.7. The molecule has 1 N–H and O–H groups in total. The lowest BCUT2D eigenvalue weighted by atomic mass is 10.0. The number of halogens is 1. The van der Waals surface area contributed by atoms with Gasteiger partial charge in [0.2, 0.25) is 0 Å². The molecule has 1 aliphatic rings. The maximum atomic E-state index is 13.8. The third-order valence-electron chi connectivity index (χ3n) is 5.48. The first kappa shape index (κ1) is 21.3. The summed E-state index contributed by atoms with van der Waals surface area (Å²) in [5.74, 6) is -1.53. The van der Waals surface area contributed by atoms with Crippen molar-refractivity contribution in [2.75, 3.05) is 28.2 Å². The lowest BCUT2D eigenvalue weighted by Gasteiger charge is -2.21. The largest absolute Gasteiger partial charge is 0.372 e. The Hall–Kier alpha value is -3.93. The molecule has 32 heavy (non-hydrogen) atoms. The van der Waals surface area contributed by atoms with E-state index in [0.717, 1.165) is 23.7 Å². The van der Waals surface area contributed by atoms with Crippen molar-refractivity contribution in [3.8, 4) is 0 Å². The summed E-state index contributed by atoms with van der Waals surface area (Å²) in [6.07, 6.45) is 0. The molecule has 1 aliphatic heterocycles. The lowest BCUT2D eigenvalue weighted by Crippen LogP contribution is -2.32. The van der Waals surface area contributed by atoms with E-state index in [1.54, 1.807) is 30.3 Å². The van der Waals surface area contributed by atoms with Crippen molar-refractivity contribution in [3.63, 3.8) is 0 Å². The molecule has 3 aromatic rings. The Labute approximate surface area is 186 Å². The molecule has 0 spiro atoms. The highest BCUT2D eigenvalue weighted by Gasteiger charge is 2.40. The van der Waals surface area contributed by atoms with Gasteiger partial charge in [0.1, 0.15) is 11.5 Å². The number of rotatable bonds is 7. The van der Waals surface area contributed by atoms with E-state index in [9.17, 15) is 14.0 Å². The number of anilines is 3. The Morgan fingerprint density at radius 1 is 0.844 bits per heavy atom. The van der Waals surface area contributed by atoms with Crippen LogP contribution in [0.3, 0.4) is 0 Å². The quantitative estimate of drug-likeness (QED) is 0.533. The van der Waals surface area contributed by atoms with Crippen molar-refractivity contribution in [2.24, 2.45) is 0 Å². The maximum Gasteiger partial charge on any atom is 0.282 e. The van der Waals surface area contributed by atoms with Crippen LogP contribution in [0.1, 0.15) is 19.4 Å². The number of nitrogens with zero attached hydrogens (tertiary/aromatic N) is 2. The summed E-state index contributed by atoms with van der Waals surface area (Å²) in [4.78, 5) is 29.9. The number of amides is 2. The molecular weight excluding hydrogens is 405 g/mol. The molecule has 0 radical (unpaired) electrons. The molecule has 5 nitrogen and oxygen atoms in total. The summed E-state index contributed by atoms with van der Waals surface area (Å²) in [6, 6.07) is 22.2. The van der Waals surface area contributed by atoms with E-state index in [1.807, 2.05) is 30.3 Å². The zero-order valence-corrected chi connectivity index (χ0v) is 18.0. The summed E-state index contributed by atoms with van der Waals surface area (Å²) in [7, 11) is 0. The first-order valence-electron chi connectivity index (χ1n) is 10.6. The van der Waals surface area contributed by atoms with Gasteiger partial charge in [-0.1, -0.05) is 36.4 Å². The highest BCUT2D eigenvalue weighted by Crippen LogP contribution is 2.34. The minimum Gasteiger partial charge on any atom is -0.372 e. The topological polar surface area (TPSA) is 52.7 Å². The molecule has 0 bridgehead atoms. The van der Waals surface area contributed by atoms with Gasteiger partial charge < -0.3 is 10.2 Å². The Bertz CT molecular complexity index is 1170. The lowest BCUT2D eigenvalue weighted by molar-refractivity contribution is -0.120. The number of hydrogen-bond donors (Lipinski definition) is 1. The van der Waals surface area contributed by atoms with Crippen LogP contribution >= 0.6 is 0 Å². The monoisotopic (exact) mass is 429 g/mol. The highest BCUT2D eigenvalue weighted by atomic mass is 19.1. The third-order valence-corrected chi connectivity index (χ3v) is 5.48. The zero-order valence-electron chi connectivity index (χ0n) is 18.0. The standard InChI is InChI=1S/C26H24FN3O2/c1-3-29(4-2)21-15-13-20(14-16-21)28-24-23(18-9-6-5-7-10-18)25(31)30(26(24)32)22-12-8-11-19(27)17-22/h5-17,28H,3-4H2,1-2H3. The second-order valence-corrected chi connectivity index (χ2v) is 7.39. The van der Waals surface area contributed by atoms with E-state index in [4.69, 9.17) is 0 Å². The molecule has 1 heterocycles. The molecule has 0 saturated heterocycles. The van der Waals surface area contributed by atoms with Gasteiger partial charge in [0.25, 0.3) is 11.8 Å². The van der Waals surface area contributed by atoms with Gasteiger partial charge in [0, 0.05) is 24.5 Å². The zero-order chi connectivity index (χ0) is 22.7. The van der Waals surface area contributed by atoms with Crippen molar-refractivity contribution < 1.29 is 14.0 Å². The Kier molecular flexibility index (Phi) is 6.03. The van der Waals surface area contributed by atoms with E-state index in [1.165, 1.54) is 18.2 Å². The number of carbonyl (C=O) groups excluding carboxylic acids is 2. The number of imide groups is 1. The molecule has 6 heteroatoms. The molecule has 162 valence electrons. The van der Waals surface area contributed by atoms with Gasteiger partial charge in [-0.3, -0.25) is 9.59 Å². The Morgan fingerprint density at radius 2 is 1.53 bits per heavy atom. The Morgan fingerprint density at radius 3 is 2.16 bits per heavy atom. The van der Waals surface area contributed by atoms with Crippen LogP contribution in [-0.4, -0.2) is 24.9 Å². The fraction of sp³-hybridized carbons (Fsp3) is 0.154. The molecule has 0 saturated carbocycles. The van der Waals surface area contributed by atoms with E-state index in [0.29, 0.717) is 11.3 Å². The van der Waals surface area contributed by atoms with Crippen LogP contribution in [0.5, 0.6) is 0 Å². The van der Waals surface area contributed by atoms with Gasteiger partial charge in [-0.05, 0) is 61.9 Å². The van der Waals surface area contributed by atoms with E-state index in [-0.39, 0.29) is 17.0 Å². The van der Waals surface area contributed by atoms with E-state index < -0.39 is 17.6 Å². The molecule has 0 unspecified atom stereocenters. The number of hydrogen-bond acceptors (Lipinski definition) is 4. The summed E-state index contributed by atoms with van der Waals surface area (Å²) in [5, 5.41) is 3.14. The van der Waals surface area contributed by atoms with Crippen molar-refractivity contribution in [1.29, 1.82) is 0 Å². The summed E-state index contributed by atoms with van der Waals surface area (Å²) in [5.41, 5.74) is 3.00. The molecule has 4 rings (SSSR count). The number of benzene rings is 3. The minimum atomic E-state index is -0.521. The van der Waals surface area contributed by atoms with Crippen LogP contribution in [0.15, 0.2) is 84.6 Å². The SMILES string of the molecule is CCN(CC)c1ccc(NC2=C(c3ccccc3)C(=O)N(c3cccc(F)c3)C2=O)cc1. The Balaban J connectivity index is 1.73. The first-order valence-corrected chi connectivity index (χ1v) is 10.6. The van der Waals surface area contributed by atoms with Crippen LogP contribution in [0, 0.1) is 5.82 Å². The first-order chi connectivity index (χ1) is 15.5. The van der Waals surface area contributed by atoms with Crippen LogP contribution in [0.25, 0.3) is 5.57 Å². The number of carbonyl (C=O) groups is 2. The van der Waals surface area contributed by atoms with Crippen molar-refractivity contribution in [1.82, 2.24) is 0 Å². The second kappa shape index (κ2) is 9.06. The molecule has 0 atom stereocenters. The highest BCUT2D eigenvalue weighted by molar-refractivity contribution is 6.46. The average Bonchev–Trinajstić information content (AvgIpc) is 3.05. The fourth-order valence-corrected chi connectivity index (χ4v) is 3.86. The van der Waals surface area contributed by atoms with Crippen molar-refractivity contribution in [2.45, 2.75) is 13.8 Å². The summed E-state index contributed by atoms with van der Waals surface area (Å²) in [6.45, 7) is 5.97. The van der Waals surface area contributed by atoms with Gasteiger partial charge in [-0.15, -0.1) is 0 Å². The maximum absolute atomic E-state index is 13.8. The summed E-state index contributed by atoms with van der Waals surface area (Å²) >= 11 is 0. The summed E-state index contributed by atoms with van der Waals surface area (Å²) < 4.78 is 13.8. The van der Waals surface area contributed by atoms with Crippen LogP contribution < -0.4 is 15.1 Å². The number of nitrogens with one attached hydrogen (secondary N) is 1. The van der Waals surface area contributed by atoms with Crippen LogP contribution in [0.4, 0.5) is 21.5 Å². The molecule has 0 aromatic heterocycles. The van der Waals surface area contributed by atoms with Crippen molar-refractivity contribution >= 4 is 34.4 Å². The van der Waals surface area contributed by atoms with Gasteiger partial charge in [0.05, 0.1) is 11.3 Å². The predicted octanol–water partition coefficient (Wildman–Crippen LogP) is 5.07. The van der Waals surface area contributed by atoms with Crippen molar-refractivity contribution in [3.05, 3.63) is 95.9 Å². The molecule has 2 amide bonds. The second-order valence-electron chi connectivity index (χ2n) is 7.39. The third kappa shape index (κ3) is 3.99. The van der Waals surface area contributed by atoms with Crippen LogP contribution in [-0.2, 0) is 9.59 Å². The average molecular weight is 429 g/mol. The molecule has 0 aliphatic carbocycles. The predicted molar refractivity (Wildman–Crippen MR) is 126 cm³/mol. The molecular formula is C26H24FN3O2. The van der Waals surface area contributed by atoms with Gasteiger partial charge in [-0.2, -0.15) is 0 Å². The van der Waals surface area contributed by atoms with Crippen LogP contribution in [0.2, 0.25) is 0 Å². The van der Waals surface area contributed by atoms with Gasteiger partial charge >= 0.3 is 0 Å². The van der Waals surface area contributed by atoms with E-state index in [2.05, 4.69) is 24.1 Å². The molecule has 0 fully saturated rings. The smallest absolute Gasteiger partial charge is 0.282 e.